The fourth-order valence-electron chi connectivity index (χ4n) is 2.81. The average molecular weight is 265 g/mol. The molecule has 1 aromatic heterocycles. The van der Waals surface area contributed by atoms with Crippen LogP contribution < -0.4 is 11.1 Å². The summed E-state index contributed by atoms with van der Waals surface area (Å²) in [5.74, 6) is 0.598. The van der Waals surface area contributed by atoms with E-state index in [0.717, 1.165) is 38.0 Å². The fourth-order valence-corrected chi connectivity index (χ4v) is 2.81. The minimum Gasteiger partial charge on any atom is -0.383 e. The van der Waals surface area contributed by atoms with Crippen LogP contribution in [0.3, 0.4) is 0 Å². The molecular formula is C14H23N3O2. The van der Waals surface area contributed by atoms with Gasteiger partial charge in [0.2, 0.25) is 0 Å². The molecule has 2 rings (SSSR count). The molecular weight excluding hydrogens is 242 g/mol. The molecule has 0 bridgehead atoms. The maximum atomic E-state index is 5.93. The van der Waals surface area contributed by atoms with Crippen LogP contribution in [0.2, 0.25) is 0 Å². The molecule has 0 aromatic carbocycles. The zero-order valence-electron chi connectivity index (χ0n) is 11.7. The molecule has 1 unspecified atom stereocenters. The number of nitrogens with zero attached hydrogens (tertiary/aromatic N) is 1. The summed E-state index contributed by atoms with van der Waals surface area (Å²) >= 11 is 0. The number of rotatable bonds is 5. The summed E-state index contributed by atoms with van der Waals surface area (Å²) in [5.41, 5.74) is 6.81. The first-order valence-corrected chi connectivity index (χ1v) is 6.71. The van der Waals surface area contributed by atoms with Crippen LogP contribution in [-0.4, -0.2) is 44.0 Å². The number of nitrogen functional groups attached to an aromatic ring is 1. The Hall–Kier alpha value is -1.17. The minimum atomic E-state index is -0.185. The highest BCUT2D eigenvalue weighted by molar-refractivity contribution is 5.39. The number of nitrogens with two attached hydrogens (primary N) is 1. The third-order valence-corrected chi connectivity index (χ3v) is 4.08. The van der Waals surface area contributed by atoms with Crippen LogP contribution in [0.1, 0.15) is 18.4 Å². The molecule has 0 amide bonds. The summed E-state index contributed by atoms with van der Waals surface area (Å²) in [6.07, 6.45) is 4.32. The quantitative estimate of drug-likeness (QED) is 0.831. The van der Waals surface area contributed by atoms with Crippen molar-refractivity contribution in [3.05, 3.63) is 23.9 Å². The van der Waals surface area contributed by atoms with E-state index in [1.165, 1.54) is 0 Å². The van der Waals surface area contributed by atoms with Gasteiger partial charge in [-0.25, -0.2) is 4.98 Å². The number of aromatic nitrogens is 1. The van der Waals surface area contributed by atoms with Crippen molar-refractivity contribution in [2.45, 2.75) is 30.9 Å². The van der Waals surface area contributed by atoms with Crippen molar-refractivity contribution in [1.82, 2.24) is 10.3 Å². The molecule has 2 heterocycles. The Labute approximate surface area is 114 Å². The van der Waals surface area contributed by atoms with E-state index in [9.17, 15) is 0 Å². The van der Waals surface area contributed by atoms with E-state index in [1.807, 2.05) is 19.2 Å². The highest BCUT2D eigenvalue weighted by Crippen LogP contribution is 2.30. The predicted octanol–water partition coefficient (Wildman–Crippen LogP) is 0.990. The Morgan fingerprint density at radius 2 is 2.26 bits per heavy atom. The van der Waals surface area contributed by atoms with Crippen LogP contribution in [0.25, 0.3) is 0 Å². The first-order valence-electron chi connectivity index (χ1n) is 6.71. The molecule has 1 saturated heterocycles. The number of methoxy groups -OCH3 is 1. The van der Waals surface area contributed by atoms with Crippen molar-refractivity contribution in [1.29, 1.82) is 0 Å². The lowest BCUT2D eigenvalue weighted by Gasteiger charge is -2.42. The van der Waals surface area contributed by atoms with Gasteiger partial charge in [0.05, 0.1) is 5.60 Å². The summed E-state index contributed by atoms with van der Waals surface area (Å²) < 4.78 is 11.3. The second-order valence-electron chi connectivity index (χ2n) is 4.97. The van der Waals surface area contributed by atoms with Gasteiger partial charge in [-0.1, -0.05) is 6.07 Å². The average Bonchev–Trinajstić information content (AvgIpc) is 2.47. The number of ether oxygens (including phenoxy) is 2. The van der Waals surface area contributed by atoms with E-state index < -0.39 is 0 Å². The normalized spacial score (nSPS) is 20.1. The smallest absolute Gasteiger partial charge is 0.126 e. The van der Waals surface area contributed by atoms with Gasteiger partial charge in [-0.05, 0) is 25.1 Å². The molecule has 1 aromatic rings. The molecule has 0 saturated carbocycles. The number of anilines is 1. The molecule has 0 aliphatic carbocycles. The Morgan fingerprint density at radius 1 is 1.53 bits per heavy atom. The number of hydrogen-bond donors (Lipinski definition) is 2. The van der Waals surface area contributed by atoms with Gasteiger partial charge >= 0.3 is 0 Å². The van der Waals surface area contributed by atoms with Gasteiger partial charge < -0.3 is 20.5 Å². The fraction of sp³-hybridized carbons (Fsp3) is 0.643. The van der Waals surface area contributed by atoms with E-state index in [0.29, 0.717) is 5.82 Å². The van der Waals surface area contributed by atoms with Gasteiger partial charge in [0.25, 0.3) is 0 Å². The van der Waals surface area contributed by atoms with Crippen LogP contribution in [0.5, 0.6) is 0 Å². The summed E-state index contributed by atoms with van der Waals surface area (Å²) in [7, 11) is 3.75. The maximum Gasteiger partial charge on any atom is 0.126 e. The highest BCUT2D eigenvalue weighted by Gasteiger charge is 2.40. The second-order valence-corrected chi connectivity index (χ2v) is 4.97. The van der Waals surface area contributed by atoms with Crippen LogP contribution >= 0.6 is 0 Å². The lowest BCUT2D eigenvalue weighted by Crippen LogP contribution is -2.55. The summed E-state index contributed by atoms with van der Waals surface area (Å²) in [6.45, 7) is 1.49. The topological polar surface area (TPSA) is 69.4 Å². The Morgan fingerprint density at radius 3 is 2.84 bits per heavy atom. The zero-order valence-corrected chi connectivity index (χ0v) is 11.7. The first-order chi connectivity index (χ1) is 9.22. The molecule has 106 valence electrons. The van der Waals surface area contributed by atoms with Crippen molar-refractivity contribution in [2.24, 2.45) is 0 Å². The van der Waals surface area contributed by atoms with Gasteiger partial charge in [-0.2, -0.15) is 0 Å². The third kappa shape index (κ3) is 3.05. The Kier molecular flexibility index (Phi) is 4.74. The molecule has 1 fully saturated rings. The molecule has 5 nitrogen and oxygen atoms in total. The van der Waals surface area contributed by atoms with E-state index in [-0.39, 0.29) is 11.6 Å². The van der Waals surface area contributed by atoms with E-state index in [1.54, 1.807) is 13.3 Å². The highest BCUT2D eigenvalue weighted by atomic mass is 16.5. The monoisotopic (exact) mass is 265 g/mol. The van der Waals surface area contributed by atoms with Crippen molar-refractivity contribution < 1.29 is 9.47 Å². The molecule has 0 spiro atoms. The number of likely N-dealkylation sites (N-methyl/N-ethyl adjacent to an activating group) is 1. The van der Waals surface area contributed by atoms with Crippen molar-refractivity contribution in [3.8, 4) is 0 Å². The SMILES string of the molecule is CNC(Cc1cccnc1N)C1(OC)CCOCC1. The van der Waals surface area contributed by atoms with Crippen molar-refractivity contribution in [2.75, 3.05) is 33.1 Å². The number of pyridine rings is 1. The van der Waals surface area contributed by atoms with Crippen LogP contribution in [0.4, 0.5) is 5.82 Å². The molecule has 5 heteroatoms. The van der Waals surface area contributed by atoms with E-state index in [2.05, 4.69) is 10.3 Å². The Balaban J connectivity index is 2.17. The molecule has 3 N–H and O–H groups in total. The van der Waals surface area contributed by atoms with Crippen molar-refractivity contribution in [3.63, 3.8) is 0 Å². The van der Waals surface area contributed by atoms with Gasteiger partial charge in [0.1, 0.15) is 5.82 Å². The van der Waals surface area contributed by atoms with Crippen LogP contribution in [0.15, 0.2) is 18.3 Å². The second kappa shape index (κ2) is 6.32. The molecule has 19 heavy (non-hydrogen) atoms. The lowest BCUT2D eigenvalue weighted by atomic mass is 9.82. The van der Waals surface area contributed by atoms with Gasteiger partial charge in [0, 0.05) is 45.4 Å². The molecule has 1 aliphatic heterocycles. The third-order valence-electron chi connectivity index (χ3n) is 4.08. The maximum absolute atomic E-state index is 5.93. The predicted molar refractivity (Wildman–Crippen MR) is 75.0 cm³/mol. The van der Waals surface area contributed by atoms with Crippen LogP contribution in [0, 0.1) is 0 Å². The first kappa shape index (κ1) is 14.2. The van der Waals surface area contributed by atoms with Crippen LogP contribution in [-0.2, 0) is 15.9 Å². The zero-order chi connectivity index (χ0) is 13.7. The molecule has 0 radical (unpaired) electrons. The molecule has 1 aliphatic rings. The molecule has 1 atom stereocenters. The van der Waals surface area contributed by atoms with E-state index >= 15 is 0 Å². The largest absolute Gasteiger partial charge is 0.383 e. The minimum absolute atomic E-state index is 0.185. The lowest BCUT2D eigenvalue weighted by molar-refractivity contribution is -0.109. The summed E-state index contributed by atoms with van der Waals surface area (Å²) in [6, 6.07) is 4.14. The van der Waals surface area contributed by atoms with E-state index in [4.69, 9.17) is 15.2 Å². The van der Waals surface area contributed by atoms with Gasteiger partial charge in [-0.15, -0.1) is 0 Å². The van der Waals surface area contributed by atoms with Crippen molar-refractivity contribution >= 4 is 5.82 Å². The standard InChI is InChI=1S/C14H23N3O2/c1-16-12(10-11-4-3-7-17-13(11)15)14(18-2)5-8-19-9-6-14/h3-4,7,12,16H,5-6,8-10H2,1-2H3,(H2,15,17). The Bertz CT molecular complexity index is 405. The number of nitrogens with one attached hydrogen (secondary N) is 1. The van der Waals surface area contributed by atoms with Gasteiger partial charge in [-0.3, -0.25) is 0 Å². The number of hydrogen-bond acceptors (Lipinski definition) is 5. The van der Waals surface area contributed by atoms with Gasteiger partial charge in [0.15, 0.2) is 0 Å². The summed E-state index contributed by atoms with van der Waals surface area (Å²) in [4.78, 5) is 4.14. The summed E-state index contributed by atoms with van der Waals surface area (Å²) in [5, 5.41) is 3.38.